The number of fused-ring (bicyclic) bond motifs is 1. The summed E-state index contributed by atoms with van der Waals surface area (Å²) in [7, 11) is 0. The fourth-order valence-electron chi connectivity index (χ4n) is 2.35. The summed E-state index contributed by atoms with van der Waals surface area (Å²) in [6.07, 6.45) is -10.6. The summed E-state index contributed by atoms with van der Waals surface area (Å²) < 4.78 is 83.6. The summed E-state index contributed by atoms with van der Waals surface area (Å²) in [4.78, 5) is 12.1. The van der Waals surface area contributed by atoms with Gasteiger partial charge >= 0.3 is 12.5 Å². The molecule has 0 bridgehead atoms. The van der Waals surface area contributed by atoms with Crippen LogP contribution in [0.5, 0.6) is 11.5 Å². The zero-order valence-electron chi connectivity index (χ0n) is 12.6. The first-order chi connectivity index (χ1) is 12.0. The van der Waals surface area contributed by atoms with Crippen LogP contribution >= 0.6 is 0 Å². The van der Waals surface area contributed by atoms with Crippen molar-refractivity contribution in [3.05, 3.63) is 53.6 Å². The van der Waals surface area contributed by atoms with E-state index in [0.29, 0.717) is 0 Å². The molecule has 1 N–H and O–H groups in total. The lowest BCUT2D eigenvalue weighted by molar-refractivity contribution is -0.274. The number of alkyl halides is 6. The molecule has 0 saturated heterocycles. The maximum absolute atomic E-state index is 12.6. The average molecular weight is 377 g/mol. The van der Waals surface area contributed by atoms with Crippen molar-refractivity contribution in [2.75, 3.05) is 5.32 Å². The van der Waals surface area contributed by atoms with Gasteiger partial charge in [-0.25, -0.2) is 0 Å². The second kappa shape index (κ2) is 6.11. The number of carbonyl (C=O) groups is 1. The molecule has 138 valence electrons. The number of anilines is 1. The number of halogens is 6. The molecule has 0 saturated carbocycles. The van der Waals surface area contributed by atoms with E-state index in [9.17, 15) is 31.1 Å². The quantitative estimate of drug-likeness (QED) is 0.774. The summed E-state index contributed by atoms with van der Waals surface area (Å²) in [5.74, 6) is -1.22. The maximum atomic E-state index is 12.6. The minimum atomic E-state index is -4.89. The first kappa shape index (κ1) is 17.9. The van der Waals surface area contributed by atoms with Gasteiger partial charge in [-0.05, 0) is 24.3 Å². The van der Waals surface area contributed by atoms with Crippen molar-refractivity contribution >= 4 is 11.6 Å². The third-order valence-electron chi connectivity index (χ3n) is 3.47. The molecule has 0 radical (unpaired) electrons. The highest BCUT2D eigenvalue weighted by Crippen LogP contribution is 2.39. The minimum Gasteiger partial charge on any atom is -0.474 e. The summed E-state index contributed by atoms with van der Waals surface area (Å²) in [5, 5.41) is 2.35. The van der Waals surface area contributed by atoms with Crippen LogP contribution in [0.4, 0.5) is 32.0 Å². The molecule has 1 amide bonds. The van der Waals surface area contributed by atoms with Crippen molar-refractivity contribution in [2.24, 2.45) is 0 Å². The van der Waals surface area contributed by atoms with Gasteiger partial charge in [0.25, 0.3) is 5.91 Å². The smallest absolute Gasteiger partial charge is 0.474 e. The molecule has 2 aromatic rings. The van der Waals surface area contributed by atoms with Gasteiger partial charge in [-0.3, -0.25) is 4.79 Å². The summed E-state index contributed by atoms with van der Waals surface area (Å²) in [5.41, 5.74) is -0.761. The largest absolute Gasteiger partial charge is 0.573 e. The van der Waals surface area contributed by atoms with Crippen LogP contribution in [-0.4, -0.2) is 12.3 Å². The summed E-state index contributed by atoms with van der Waals surface area (Å²) in [6, 6.07) is 6.89. The van der Waals surface area contributed by atoms with Crippen LogP contribution in [-0.2, 0) is 11.0 Å². The monoisotopic (exact) mass is 377 g/mol. The SMILES string of the molecule is O=C1Nc2cc(OC(F)(F)F)ccc2OC1c1ccc(C(F)(F)F)cc1. The van der Waals surface area contributed by atoms with Crippen LogP contribution in [0.2, 0.25) is 0 Å². The number of amides is 1. The van der Waals surface area contributed by atoms with Gasteiger partial charge in [0, 0.05) is 11.6 Å². The Kier molecular flexibility index (Phi) is 4.21. The lowest BCUT2D eigenvalue weighted by Crippen LogP contribution is -2.30. The van der Waals surface area contributed by atoms with Crippen molar-refractivity contribution < 1.29 is 40.6 Å². The molecule has 4 nitrogen and oxygen atoms in total. The number of hydrogen-bond acceptors (Lipinski definition) is 3. The second-order valence-electron chi connectivity index (χ2n) is 5.31. The lowest BCUT2D eigenvalue weighted by atomic mass is 10.0. The van der Waals surface area contributed by atoms with Gasteiger partial charge in [-0.1, -0.05) is 12.1 Å². The third-order valence-corrected chi connectivity index (χ3v) is 3.47. The van der Waals surface area contributed by atoms with Crippen LogP contribution < -0.4 is 14.8 Å². The highest BCUT2D eigenvalue weighted by atomic mass is 19.4. The molecule has 1 aliphatic rings. The molecule has 0 aromatic heterocycles. The van der Waals surface area contributed by atoms with Crippen molar-refractivity contribution in [1.29, 1.82) is 0 Å². The molecule has 3 rings (SSSR count). The molecule has 1 unspecified atom stereocenters. The van der Waals surface area contributed by atoms with Crippen LogP contribution in [0.25, 0.3) is 0 Å². The van der Waals surface area contributed by atoms with Crippen LogP contribution in [0.1, 0.15) is 17.2 Å². The van der Waals surface area contributed by atoms with E-state index < -0.39 is 35.9 Å². The Bertz CT molecular complexity index is 829. The van der Waals surface area contributed by atoms with Crippen molar-refractivity contribution in [2.45, 2.75) is 18.6 Å². The van der Waals surface area contributed by atoms with Crippen molar-refractivity contribution in [3.63, 3.8) is 0 Å². The molecule has 26 heavy (non-hydrogen) atoms. The topological polar surface area (TPSA) is 47.6 Å². The standard InChI is InChI=1S/C16H9F6NO3/c17-15(18,19)9-3-1-8(2-4-9)13-14(24)23-11-7-10(26-16(20,21)22)5-6-12(11)25-13/h1-7,13H,(H,23,24). The molecule has 1 atom stereocenters. The summed E-state index contributed by atoms with van der Waals surface area (Å²) >= 11 is 0. The molecule has 0 fully saturated rings. The average Bonchev–Trinajstić information content (AvgIpc) is 2.52. The fraction of sp³-hybridized carbons (Fsp3) is 0.188. The predicted molar refractivity (Wildman–Crippen MR) is 76.6 cm³/mol. The molecule has 0 aliphatic carbocycles. The van der Waals surface area contributed by atoms with Gasteiger partial charge in [0.05, 0.1) is 11.3 Å². The van der Waals surface area contributed by atoms with Crippen molar-refractivity contribution in [3.8, 4) is 11.5 Å². The van der Waals surface area contributed by atoms with Gasteiger partial charge < -0.3 is 14.8 Å². The van der Waals surface area contributed by atoms with Gasteiger partial charge in [-0.15, -0.1) is 13.2 Å². The molecule has 1 heterocycles. The van der Waals surface area contributed by atoms with Crippen LogP contribution in [0.15, 0.2) is 42.5 Å². The predicted octanol–water partition coefficient (Wildman–Crippen LogP) is 4.68. The highest BCUT2D eigenvalue weighted by Gasteiger charge is 2.34. The van der Waals surface area contributed by atoms with E-state index in [1.54, 1.807) is 0 Å². The number of nitrogens with one attached hydrogen (secondary N) is 1. The second-order valence-corrected chi connectivity index (χ2v) is 5.31. The molecule has 2 aromatic carbocycles. The molecule has 10 heteroatoms. The van der Waals surface area contributed by atoms with Gasteiger partial charge in [-0.2, -0.15) is 13.2 Å². The Balaban J connectivity index is 1.83. The van der Waals surface area contributed by atoms with Gasteiger partial charge in [0.1, 0.15) is 11.5 Å². The first-order valence-electron chi connectivity index (χ1n) is 7.07. The number of carbonyl (C=O) groups excluding carboxylic acids is 1. The lowest BCUT2D eigenvalue weighted by Gasteiger charge is -2.26. The highest BCUT2D eigenvalue weighted by molar-refractivity contribution is 5.98. The number of benzene rings is 2. The van der Waals surface area contributed by atoms with E-state index in [1.807, 2.05) is 0 Å². The zero-order chi connectivity index (χ0) is 19.1. The van der Waals surface area contributed by atoms with E-state index in [4.69, 9.17) is 4.74 Å². The van der Waals surface area contributed by atoms with Crippen LogP contribution in [0.3, 0.4) is 0 Å². The third kappa shape index (κ3) is 3.84. The van der Waals surface area contributed by atoms with E-state index >= 15 is 0 Å². The van der Waals surface area contributed by atoms with Gasteiger partial charge in [0.15, 0.2) is 0 Å². The Morgan fingerprint density at radius 1 is 0.962 bits per heavy atom. The molecular weight excluding hydrogens is 368 g/mol. The fourth-order valence-corrected chi connectivity index (χ4v) is 2.35. The normalized spacial score (nSPS) is 17.2. The molecule has 0 spiro atoms. The van der Waals surface area contributed by atoms with E-state index in [1.165, 1.54) is 0 Å². The minimum absolute atomic E-state index is 0.0417. The Morgan fingerprint density at radius 2 is 1.62 bits per heavy atom. The maximum Gasteiger partial charge on any atom is 0.573 e. The zero-order valence-corrected chi connectivity index (χ0v) is 12.6. The van der Waals surface area contributed by atoms with Crippen molar-refractivity contribution in [1.82, 2.24) is 0 Å². The number of rotatable bonds is 2. The number of ether oxygens (including phenoxy) is 2. The van der Waals surface area contributed by atoms with Gasteiger partial charge in [0.2, 0.25) is 6.10 Å². The van der Waals surface area contributed by atoms with Crippen LogP contribution in [0, 0.1) is 0 Å². The number of hydrogen-bond donors (Lipinski definition) is 1. The first-order valence-corrected chi connectivity index (χ1v) is 7.07. The Morgan fingerprint density at radius 3 is 2.19 bits per heavy atom. The van der Waals surface area contributed by atoms with E-state index in [0.717, 1.165) is 42.5 Å². The Hall–Kier alpha value is -2.91. The summed E-state index contributed by atoms with van der Waals surface area (Å²) in [6.45, 7) is 0. The Labute approximate surface area is 142 Å². The van der Waals surface area contributed by atoms with E-state index in [2.05, 4.69) is 10.1 Å². The van der Waals surface area contributed by atoms with E-state index in [-0.39, 0.29) is 17.0 Å². The molecular formula is C16H9F6NO3. The molecule has 1 aliphatic heterocycles.